The highest BCUT2D eigenvalue weighted by Gasteiger charge is 2.30. The van der Waals surface area contributed by atoms with E-state index < -0.39 is 11.7 Å². The summed E-state index contributed by atoms with van der Waals surface area (Å²) < 4.78 is 43.1. The van der Waals surface area contributed by atoms with Crippen LogP contribution in [-0.4, -0.2) is 35.9 Å². The van der Waals surface area contributed by atoms with E-state index in [1.54, 1.807) is 0 Å². The van der Waals surface area contributed by atoms with Crippen molar-refractivity contribution in [1.82, 2.24) is 10.3 Å². The van der Waals surface area contributed by atoms with Crippen LogP contribution in [-0.2, 0) is 15.7 Å². The molecule has 0 aliphatic heterocycles. The van der Waals surface area contributed by atoms with Crippen molar-refractivity contribution in [1.29, 1.82) is 0 Å². The normalized spacial score (nSPS) is 16.0. The number of hydrogen-bond donors (Lipinski definition) is 1. The molecule has 140 valence electrons. The maximum absolute atomic E-state index is 12.4. The van der Waals surface area contributed by atoms with Crippen LogP contribution in [0.5, 0.6) is 0 Å². The smallest absolute Gasteiger partial charge is 0.378 e. The molecule has 4 nitrogen and oxygen atoms in total. The number of aromatic nitrogens is 1. The molecule has 0 spiro atoms. The summed E-state index contributed by atoms with van der Waals surface area (Å²) >= 11 is 1.11. The lowest BCUT2D eigenvalue weighted by atomic mass is 9.98. The van der Waals surface area contributed by atoms with Gasteiger partial charge in [-0.15, -0.1) is 0 Å². The summed E-state index contributed by atoms with van der Waals surface area (Å²) in [6, 6.07) is 2.24. The molecule has 1 aliphatic carbocycles. The number of rotatable bonds is 8. The molecule has 25 heavy (non-hydrogen) atoms. The number of nitrogens with one attached hydrogen (secondary N) is 1. The van der Waals surface area contributed by atoms with E-state index in [-0.39, 0.29) is 11.7 Å². The summed E-state index contributed by atoms with van der Waals surface area (Å²) in [4.78, 5) is 15.4. The molecular weight excluding hydrogens is 353 g/mol. The summed E-state index contributed by atoms with van der Waals surface area (Å²) in [5, 5.41) is 3.17. The molecule has 0 atom stereocenters. The van der Waals surface area contributed by atoms with Crippen LogP contribution in [0, 0.1) is 0 Å². The first kappa shape index (κ1) is 20.0. The van der Waals surface area contributed by atoms with Crippen LogP contribution in [0.15, 0.2) is 23.4 Å². The van der Waals surface area contributed by atoms with Gasteiger partial charge in [-0.3, -0.25) is 4.79 Å². The zero-order valence-corrected chi connectivity index (χ0v) is 14.8. The summed E-state index contributed by atoms with van der Waals surface area (Å²) in [5.74, 6) is -0.0358. The number of nitrogens with zero attached hydrogens (tertiary/aromatic N) is 1. The number of pyridine rings is 1. The van der Waals surface area contributed by atoms with Gasteiger partial charge in [-0.2, -0.15) is 13.2 Å². The van der Waals surface area contributed by atoms with Crippen LogP contribution >= 0.6 is 11.8 Å². The van der Waals surface area contributed by atoms with Gasteiger partial charge < -0.3 is 10.1 Å². The number of amides is 1. The molecule has 1 saturated carbocycles. The number of ether oxygens (including phenoxy) is 1. The Morgan fingerprint density at radius 3 is 2.68 bits per heavy atom. The van der Waals surface area contributed by atoms with Crippen molar-refractivity contribution in [2.45, 2.75) is 55.8 Å². The molecule has 1 amide bonds. The van der Waals surface area contributed by atoms with Crippen LogP contribution < -0.4 is 5.32 Å². The molecule has 0 unspecified atom stereocenters. The Kier molecular flexibility index (Phi) is 8.02. The lowest BCUT2D eigenvalue weighted by Crippen LogP contribution is -2.27. The fourth-order valence-electron chi connectivity index (χ4n) is 2.61. The van der Waals surface area contributed by atoms with Crippen molar-refractivity contribution in [3.05, 3.63) is 23.9 Å². The highest BCUT2D eigenvalue weighted by Crippen LogP contribution is 2.29. The monoisotopic (exact) mass is 376 g/mol. The molecule has 1 heterocycles. The molecule has 1 aromatic rings. The summed E-state index contributed by atoms with van der Waals surface area (Å²) in [7, 11) is 0. The van der Waals surface area contributed by atoms with E-state index in [2.05, 4.69) is 10.3 Å². The second kappa shape index (κ2) is 10.0. The minimum atomic E-state index is -4.40. The molecule has 1 aromatic heterocycles. The standard InChI is InChI=1S/C17H23F3N2O2S/c18-17(19,20)13-7-8-16(22-11-13)25-12-15(23)21-9-4-10-24-14-5-2-1-3-6-14/h7-8,11,14H,1-6,9-10,12H2,(H,21,23). The topological polar surface area (TPSA) is 51.2 Å². The lowest BCUT2D eigenvalue weighted by Gasteiger charge is -2.21. The van der Waals surface area contributed by atoms with E-state index in [4.69, 9.17) is 4.74 Å². The predicted molar refractivity (Wildman–Crippen MR) is 90.4 cm³/mol. The third-order valence-electron chi connectivity index (χ3n) is 3.96. The van der Waals surface area contributed by atoms with Crippen molar-refractivity contribution in [2.75, 3.05) is 18.9 Å². The molecule has 0 aromatic carbocycles. The van der Waals surface area contributed by atoms with Crippen molar-refractivity contribution in [3.63, 3.8) is 0 Å². The van der Waals surface area contributed by atoms with Gasteiger partial charge in [0, 0.05) is 19.3 Å². The molecule has 2 rings (SSSR count). The molecule has 0 bridgehead atoms. The predicted octanol–water partition coefficient (Wildman–Crippen LogP) is 4.05. The number of hydrogen-bond acceptors (Lipinski definition) is 4. The van der Waals surface area contributed by atoms with Gasteiger partial charge in [0.15, 0.2) is 0 Å². The van der Waals surface area contributed by atoms with E-state index in [1.807, 2.05) is 0 Å². The molecule has 8 heteroatoms. The average Bonchev–Trinajstić information content (AvgIpc) is 2.60. The largest absolute Gasteiger partial charge is 0.417 e. The molecule has 0 radical (unpaired) electrons. The van der Waals surface area contributed by atoms with Gasteiger partial charge in [0.25, 0.3) is 0 Å². The second-order valence-corrected chi connectivity index (χ2v) is 7.00. The highest BCUT2D eigenvalue weighted by molar-refractivity contribution is 7.99. The first-order valence-corrected chi connectivity index (χ1v) is 9.48. The van der Waals surface area contributed by atoms with E-state index in [9.17, 15) is 18.0 Å². The van der Waals surface area contributed by atoms with E-state index in [0.717, 1.165) is 43.3 Å². The Hall–Kier alpha value is -1.28. The number of alkyl halides is 3. The van der Waals surface area contributed by atoms with Crippen molar-refractivity contribution in [2.24, 2.45) is 0 Å². The Labute approximate surface area is 149 Å². The van der Waals surface area contributed by atoms with Crippen LogP contribution in [0.2, 0.25) is 0 Å². The number of carbonyl (C=O) groups excluding carboxylic acids is 1. The van der Waals surface area contributed by atoms with Gasteiger partial charge in [-0.05, 0) is 31.4 Å². The highest BCUT2D eigenvalue weighted by atomic mass is 32.2. The Balaban J connectivity index is 1.56. The quantitative estimate of drug-likeness (QED) is 0.549. The maximum atomic E-state index is 12.4. The van der Waals surface area contributed by atoms with Gasteiger partial charge in [0.05, 0.1) is 22.4 Å². The van der Waals surface area contributed by atoms with E-state index in [0.29, 0.717) is 24.3 Å². The third kappa shape index (κ3) is 7.64. The van der Waals surface area contributed by atoms with E-state index in [1.165, 1.54) is 25.3 Å². The zero-order valence-electron chi connectivity index (χ0n) is 14.0. The number of halogens is 3. The molecular formula is C17H23F3N2O2S. The SMILES string of the molecule is O=C(CSc1ccc(C(F)(F)F)cn1)NCCCOC1CCCCC1. The molecule has 0 saturated heterocycles. The van der Waals surface area contributed by atoms with Crippen LogP contribution in [0.4, 0.5) is 13.2 Å². The van der Waals surface area contributed by atoms with Crippen LogP contribution in [0.3, 0.4) is 0 Å². The Morgan fingerprint density at radius 2 is 2.04 bits per heavy atom. The Bertz CT molecular complexity index is 532. The average molecular weight is 376 g/mol. The first-order chi connectivity index (χ1) is 11.9. The van der Waals surface area contributed by atoms with Crippen LogP contribution in [0.25, 0.3) is 0 Å². The fourth-order valence-corrected chi connectivity index (χ4v) is 3.28. The second-order valence-electron chi connectivity index (χ2n) is 6.01. The van der Waals surface area contributed by atoms with Crippen molar-refractivity contribution < 1.29 is 22.7 Å². The minimum absolute atomic E-state index is 0.127. The maximum Gasteiger partial charge on any atom is 0.417 e. The van der Waals surface area contributed by atoms with E-state index >= 15 is 0 Å². The summed E-state index contributed by atoms with van der Waals surface area (Å²) in [6.45, 7) is 1.17. The molecule has 1 N–H and O–H groups in total. The van der Waals surface area contributed by atoms with Crippen molar-refractivity contribution in [3.8, 4) is 0 Å². The number of thioether (sulfide) groups is 1. The van der Waals surface area contributed by atoms with Gasteiger partial charge in [0.2, 0.25) is 5.91 Å². The Morgan fingerprint density at radius 1 is 1.28 bits per heavy atom. The first-order valence-electron chi connectivity index (χ1n) is 8.49. The third-order valence-corrected chi connectivity index (χ3v) is 4.91. The number of carbonyl (C=O) groups is 1. The van der Waals surface area contributed by atoms with Gasteiger partial charge in [-0.25, -0.2) is 4.98 Å². The fraction of sp³-hybridized carbons (Fsp3) is 0.647. The van der Waals surface area contributed by atoms with Crippen molar-refractivity contribution >= 4 is 17.7 Å². The van der Waals surface area contributed by atoms with Gasteiger partial charge in [0.1, 0.15) is 0 Å². The summed E-state index contributed by atoms with van der Waals surface area (Å²) in [6.07, 6.45) is 3.52. The van der Waals surface area contributed by atoms with Gasteiger partial charge >= 0.3 is 6.18 Å². The molecule has 1 aliphatic rings. The summed E-state index contributed by atoms with van der Waals surface area (Å²) in [5.41, 5.74) is -0.792. The molecule has 1 fully saturated rings. The van der Waals surface area contributed by atoms with Crippen LogP contribution in [0.1, 0.15) is 44.1 Å². The lowest BCUT2D eigenvalue weighted by molar-refractivity contribution is -0.137. The zero-order chi connectivity index (χ0) is 18.1. The minimum Gasteiger partial charge on any atom is -0.378 e. The van der Waals surface area contributed by atoms with Gasteiger partial charge in [-0.1, -0.05) is 31.0 Å².